The summed E-state index contributed by atoms with van der Waals surface area (Å²) in [7, 11) is 0. The fraction of sp³-hybridized carbons (Fsp3) is 0.462. The lowest BCUT2D eigenvalue weighted by atomic mass is 10.1. The lowest BCUT2D eigenvalue weighted by Crippen LogP contribution is -2.43. The first kappa shape index (κ1) is 14.3. The molecule has 1 aromatic heterocycles. The molecular weight excluding hydrogens is 294 g/mol. The molecule has 3 rings (SSSR count). The summed E-state index contributed by atoms with van der Waals surface area (Å²) < 4.78 is 4.70. The van der Waals surface area contributed by atoms with Crippen LogP contribution in [0.3, 0.4) is 0 Å². The van der Waals surface area contributed by atoms with Gasteiger partial charge in [0.1, 0.15) is 11.6 Å². The number of aliphatic hydroxyl groups is 3. The van der Waals surface area contributed by atoms with E-state index >= 15 is 0 Å². The third-order valence-electron chi connectivity index (χ3n) is 3.86. The lowest BCUT2D eigenvalue weighted by Gasteiger charge is -2.18. The van der Waals surface area contributed by atoms with Crippen molar-refractivity contribution in [2.75, 3.05) is 6.61 Å². The number of rotatable bonds is 3. The number of carbonyl (C=O) groups excluding carboxylic acids is 1. The molecular formula is C13H15N3O4S. The molecule has 2 aromatic rings. The minimum Gasteiger partial charge on any atom is -0.396 e. The Kier molecular flexibility index (Phi) is 3.85. The van der Waals surface area contributed by atoms with Crippen molar-refractivity contribution >= 4 is 27.7 Å². The molecule has 1 aliphatic rings. The number of nitrogens with zero attached hydrogens (tertiary/aromatic N) is 2. The fourth-order valence-electron chi connectivity index (χ4n) is 2.62. The summed E-state index contributed by atoms with van der Waals surface area (Å²) in [6, 6.07) is 4.49. The number of benzene rings is 1. The fourth-order valence-corrected chi connectivity index (χ4v) is 3.16. The van der Waals surface area contributed by atoms with Crippen LogP contribution in [0.5, 0.6) is 0 Å². The molecule has 0 radical (unpaired) electrons. The second-order valence-electron chi connectivity index (χ2n) is 5.19. The summed E-state index contributed by atoms with van der Waals surface area (Å²) in [5.74, 6) is -0.768. The van der Waals surface area contributed by atoms with E-state index in [1.54, 1.807) is 18.2 Å². The topological polar surface area (TPSA) is 116 Å². The van der Waals surface area contributed by atoms with Crippen LogP contribution in [0.4, 0.5) is 0 Å². The van der Waals surface area contributed by atoms with Gasteiger partial charge in [0.2, 0.25) is 0 Å². The summed E-state index contributed by atoms with van der Waals surface area (Å²) >= 11 is 1.25. The summed E-state index contributed by atoms with van der Waals surface area (Å²) in [6.07, 6.45) is -1.76. The molecule has 0 spiro atoms. The highest BCUT2D eigenvalue weighted by molar-refractivity contribution is 7.12. The second kappa shape index (κ2) is 5.64. The Balaban J connectivity index is 1.74. The van der Waals surface area contributed by atoms with E-state index in [0.717, 1.165) is 4.70 Å². The number of aliphatic hydroxyl groups excluding tert-OH is 3. The molecule has 1 aliphatic carbocycles. The van der Waals surface area contributed by atoms with Crippen LogP contribution in [-0.4, -0.2) is 55.7 Å². The molecule has 0 unspecified atom stereocenters. The molecule has 4 atom stereocenters. The van der Waals surface area contributed by atoms with Gasteiger partial charge in [-0.25, -0.2) is 0 Å². The van der Waals surface area contributed by atoms with Crippen LogP contribution in [-0.2, 0) is 0 Å². The van der Waals surface area contributed by atoms with Crippen LogP contribution >= 0.6 is 11.5 Å². The highest BCUT2D eigenvalue weighted by atomic mass is 32.1. The summed E-state index contributed by atoms with van der Waals surface area (Å²) in [4.78, 5) is 12.2. The highest BCUT2D eigenvalue weighted by Gasteiger charge is 2.41. The Labute approximate surface area is 124 Å². The van der Waals surface area contributed by atoms with Crippen LogP contribution in [0.2, 0.25) is 0 Å². The molecule has 8 heteroatoms. The van der Waals surface area contributed by atoms with Crippen LogP contribution in [0, 0.1) is 5.92 Å². The Bertz CT molecular complexity index is 662. The molecule has 1 saturated carbocycles. The molecule has 7 nitrogen and oxygen atoms in total. The summed E-state index contributed by atoms with van der Waals surface area (Å²) in [5.41, 5.74) is 1.07. The minimum atomic E-state index is -1.07. The third kappa shape index (κ3) is 2.62. The maximum atomic E-state index is 12.2. The van der Waals surface area contributed by atoms with E-state index in [2.05, 4.69) is 14.9 Å². The van der Waals surface area contributed by atoms with Crippen molar-refractivity contribution in [2.24, 2.45) is 5.92 Å². The largest absolute Gasteiger partial charge is 0.396 e. The first-order valence-electron chi connectivity index (χ1n) is 6.60. The van der Waals surface area contributed by atoms with E-state index in [1.165, 1.54) is 11.5 Å². The first-order valence-corrected chi connectivity index (χ1v) is 7.37. The number of hydrogen-bond donors (Lipinski definition) is 4. The number of aromatic nitrogens is 2. The van der Waals surface area contributed by atoms with E-state index in [0.29, 0.717) is 17.5 Å². The van der Waals surface area contributed by atoms with Gasteiger partial charge < -0.3 is 20.6 Å². The number of carbonyl (C=O) groups is 1. The van der Waals surface area contributed by atoms with Crippen LogP contribution in [0.15, 0.2) is 18.2 Å². The predicted octanol–water partition coefficient (Wildman–Crippen LogP) is -0.476. The van der Waals surface area contributed by atoms with E-state index in [-0.39, 0.29) is 12.5 Å². The third-order valence-corrected chi connectivity index (χ3v) is 4.57. The smallest absolute Gasteiger partial charge is 0.251 e. The average molecular weight is 309 g/mol. The molecule has 1 aromatic carbocycles. The van der Waals surface area contributed by atoms with E-state index in [4.69, 9.17) is 5.11 Å². The molecule has 4 N–H and O–H groups in total. The molecule has 1 fully saturated rings. The number of nitrogens with one attached hydrogen (secondary N) is 1. The van der Waals surface area contributed by atoms with Gasteiger partial charge in [0.15, 0.2) is 0 Å². The lowest BCUT2D eigenvalue weighted by molar-refractivity contribution is 0.000137. The number of hydrogen-bond acceptors (Lipinski definition) is 7. The van der Waals surface area contributed by atoms with Gasteiger partial charge in [-0.15, -0.1) is 5.10 Å². The van der Waals surface area contributed by atoms with Crippen molar-refractivity contribution in [3.8, 4) is 0 Å². The Morgan fingerprint density at radius 3 is 2.90 bits per heavy atom. The zero-order valence-electron chi connectivity index (χ0n) is 11.0. The highest BCUT2D eigenvalue weighted by Crippen LogP contribution is 2.26. The predicted molar refractivity (Wildman–Crippen MR) is 75.9 cm³/mol. The number of fused-ring (bicyclic) bond motifs is 1. The van der Waals surface area contributed by atoms with Gasteiger partial charge in [-0.2, -0.15) is 0 Å². The number of amides is 1. The van der Waals surface area contributed by atoms with Crippen molar-refractivity contribution in [1.29, 1.82) is 0 Å². The van der Waals surface area contributed by atoms with Gasteiger partial charge in [0.25, 0.3) is 5.91 Å². The summed E-state index contributed by atoms with van der Waals surface area (Å²) in [5, 5.41) is 35.4. The van der Waals surface area contributed by atoms with Crippen LogP contribution < -0.4 is 5.32 Å². The monoisotopic (exact) mass is 309 g/mol. The van der Waals surface area contributed by atoms with Crippen molar-refractivity contribution < 1.29 is 20.1 Å². The van der Waals surface area contributed by atoms with Gasteiger partial charge >= 0.3 is 0 Å². The van der Waals surface area contributed by atoms with E-state index < -0.39 is 24.2 Å². The molecule has 1 amide bonds. The van der Waals surface area contributed by atoms with Gasteiger partial charge in [0, 0.05) is 18.1 Å². The van der Waals surface area contributed by atoms with Gasteiger partial charge in [-0.05, 0) is 36.2 Å². The maximum absolute atomic E-state index is 12.2. The van der Waals surface area contributed by atoms with E-state index in [1.807, 2.05) is 0 Å². The SMILES string of the molecule is O=C(N[C@H]1C[C@@H](CO)[C@H](O)[C@@H]1O)c1ccc2snnc2c1. The normalized spacial score (nSPS) is 28.9. The first-order chi connectivity index (χ1) is 10.1. The van der Waals surface area contributed by atoms with Gasteiger partial charge in [-0.3, -0.25) is 4.79 Å². The van der Waals surface area contributed by atoms with Crippen LogP contribution in [0.1, 0.15) is 16.8 Å². The zero-order valence-corrected chi connectivity index (χ0v) is 11.8. The van der Waals surface area contributed by atoms with E-state index in [9.17, 15) is 15.0 Å². The molecule has 0 saturated heterocycles. The Morgan fingerprint density at radius 1 is 1.38 bits per heavy atom. The van der Waals surface area contributed by atoms with Crippen LogP contribution in [0.25, 0.3) is 10.2 Å². The van der Waals surface area contributed by atoms with Crippen molar-refractivity contribution in [2.45, 2.75) is 24.7 Å². The Hall–Kier alpha value is -1.61. The van der Waals surface area contributed by atoms with Crippen molar-refractivity contribution in [3.63, 3.8) is 0 Å². The van der Waals surface area contributed by atoms with Gasteiger partial charge in [0.05, 0.1) is 16.8 Å². The molecule has 112 valence electrons. The second-order valence-corrected chi connectivity index (χ2v) is 5.98. The minimum absolute atomic E-state index is 0.221. The quantitative estimate of drug-likeness (QED) is 0.609. The molecule has 0 aliphatic heterocycles. The van der Waals surface area contributed by atoms with Gasteiger partial charge in [-0.1, -0.05) is 4.49 Å². The summed E-state index contributed by atoms with van der Waals surface area (Å²) in [6.45, 7) is -0.221. The standard InChI is InChI=1S/C13H15N3O4S/c17-5-7-4-9(12(19)11(7)18)14-13(20)6-1-2-10-8(3-6)15-16-21-10/h1-3,7,9,11-12,17-19H,4-5H2,(H,14,20)/t7-,9-,11-,12+/m0/s1. The molecule has 1 heterocycles. The zero-order chi connectivity index (χ0) is 15.0. The van der Waals surface area contributed by atoms with Crippen molar-refractivity contribution in [3.05, 3.63) is 23.8 Å². The maximum Gasteiger partial charge on any atom is 0.251 e. The molecule has 21 heavy (non-hydrogen) atoms. The average Bonchev–Trinajstić information content (AvgIpc) is 3.06. The van der Waals surface area contributed by atoms with Crippen molar-refractivity contribution in [1.82, 2.24) is 14.9 Å². The Morgan fingerprint density at radius 2 is 2.19 bits per heavy atom. The molecule has 0 bridgehead atoms.